The molecule has 1 amide bonds. The molecule has 0 aliphatic carbocycles. The monoisotopic (exact) mass is 470 g/mol. The van der Waals surface area contributed by atoms with Crippen LogP contribution < -0.4 is 10.2 Å². The van der Waals surface area contributed by atoms with E-state index in [9.17, 15) is 9.18 Å². The molecular weight excluding hydrogens is 447 g/mol. The Morgan fingerprint density at radius 3 is 2.67 bits per heavy atom. The quantitative estimate of drug-likeness (QED) is 0.590. The van der Waals surface area contributed by atoms with Crippen molar-refractivity contribution in [2.24, 2.45) is 0 Å². The third-order valence-corrected chi connectivity index (χ3v) is 6.09. The van der Waals surface area contributed by atoms with E-state index in [1.165, 1.54) is 18.5 Å². The second-order valence-electron chi connectivity index (χ2n) is 9.50. The van der Waals surface area contributed by atoms with Gasteiger partial charge in [-0.3, -0.25) is 4.90 Å². The number of hydrogen-bond donors (Lipinski definition) is 1. The van der Waals surface area contributed by atoms with Gasteiger partial charge in [-0.15, -0.1) is 0 Å². The molecule has 5 rings (SSSR count). The standard InChI is InChI=1S/C23H24ClFN6O2/c1-22(2,3)33-21(32)31-7-6-23(31)11-30(12-23)18-5-4-17-19(29-18)20(27-13-26-17)28-16-9-14(24)8-15(25)10-16/h4-5,8-10,13H,6-7,11-12H2,1-3H3,(H,26,27,28). The molecule has 0 saturated carbocycles. The molecule has 0 radical (unpaired) electrons. The number of carbonyl (C=O) groups excluding carboxylic acids is 1. The zero-order chi connectivity index (χ0) is 23.4. The van der Waals surface area contributed by atoms with E-state index in [0.29, 0.717) is 42.2 Å². The summed E-state index contributed by atoms with van der Waals surface area (Å²) in [4.78, 5) is 29.8. The number of carbonyl (C=O) groups is 1. The van der Waals surface area contributed by atoms with Crippen LogP contribution in [0.15, 0.2) is 36.7 Å². The molecule has 2 aromatic heterocycles. The minimum atomic E-state index is -0.521. The van der Waals surface area contributed by atoms with Gasteiger partial charge in [0.05, 0.1) is 11.1 Å². The van der Waals surface area contributed by atoms with Crippen molar-refractivity contribution in [2.75, 3.05) is 29.9 Å². The molecule has 2 saturated heterocycles. The van der Waals surface area contributed by atoms with E-state index >= 15 is 0 Å². The zero-order valence-corrected chi connectivity index (χ0v) is 19.4. The van der Waals surface area contributed by atoms with Gasteiger partial charge in [0.2, 0.25) is 0 Å². The average Bonchev–Trinajstić information content (AvgIpc) is 2.64. The Morgan fingerprint density at radius 1 is 1.21 bits per heavy atom. The predicted molar refractivity (Wildman–Crippen MR) is 125 cm³/mol. The molecule has 3 aromatic rings. The summed E-state index contributed by atoms with van der Waals surface area (Å²) in [6.45, 7) is 7.67. The summed E-state index contributed by atoms with van der Waals surface area (Å²) in [7, 11) is 0. The number of pyridine rings is 1. The molecule has 10 heteroatoms. The summed E-state index contributed by atoms with van der Waals surface area (Å²) in [5, 5.41) is 3.37. The summed E-state index contributed by atoms with van der Waals surface area (Å²) in [5.41, 5.74) is 0.970. The normalized spacial score (nSPS) is 17.0. The maximum absolute atomic E-state index is 13.7. The lowest BCUT2D eigenvalue weighted by Crippen LogP contribution is -2.78. The third-order valence-electron chi connectivity index (χ3n) is 5.87. The topological polar surface area (TPSA) is 83.5 Å². The molecule has 0 unspecified atom stereocenters. The van der Waals surface area contributed by atoms with Gasteiger partial charge >= 0.3 is 6.09 Å². The Balaban J connectivity index is 1.35. The van der Waals surface area contributed by atoms with Crippen LogP contribution >= 0.6 is 11.6 Å². The summed E-state index contributed by atoms with van der Waals surface area (Å²) >= 11 is 5.97. The van der Waals surface area contributed by atoms with Crippen LogP contribution in [0.4, 0.5) is 26.5 Å². The Hall–Kier alpha value is -3.20. The van der Waals surface area contributed by atoms with Gasteiger partial charge in [-0.25, -0.2) is 24.1 Å². The van der Waals surface area contributed by atoms with Crippen LogP contribution in [-0.2, 0) is 4.74 Å². The van der Waals surface area contributed by atoms with E-state index in [4.69, 9.17) is 21.3 Å². The molecular formula is C23H24ClFN6O2. The number of anilines is 3. The van der Waals surface area contributed by atoms with Gasteiger partial charge in [-0.2, -0.15) is 0 Å². The summed E-state index contributed by atoms with van der Waals surface area (Å²) in [5.74, 6) is 0.773. The number of nitrogens with zero attached hydrogens (tertiary/aromatic N) is 5. The highest BCUT2D eigenvalue weighted by Crippen LogP contribution is 2.42. The number of aromatic nitrogens is 3. The molecule has 2 aliphatic rings. The molecule has 0 bridgehead atoms. The van der Waals surface area contributed by atoms with Crippen LogP contribution in [0.1, 0.15) is 27.2 Å². The highest BCUT2D eigenvalue weighted by atomic mass is 35.5. The Kier molecular flexibility index (Phi) is 5.04. The minimum Gasteiger partial charge on any atom is -0.444 e. The maximum Gasteiger partial charge on any atom is 0.410 e. The molecule has 2 fully saturated rings. The smallest absolute Gasteiger partial charge is 0.410 e. The van der Waals surface area contributed by atoms with Crippen molar-refractivity contribution < 1.29 is 13.9 Å². The van der Waals surface area contributed by atoms with E-state index in [-0.39, 0.29) is 16.7 Å². The van der Waals surface area contributed by atoms with Crippen molar-refractivity contribution in [3.8, 4) is 0 Å². The first-order valence-electron chi connectivity index (χ1n) is 10.7. The number of nitrogens with one attached hydrogen (secondary N) is 1. The van der Waals surface area contributed by atoms with Gasteiger partial charge in [0, 0.05) is 30.3 Å². The van der Waals surface area contributed by atoms with Gasteiger partial charge in [0.25, 0.3) is 0 Å². The van der Waals surface area contributed by atoms with Crippen molar-refractivity contribution in [3.63, 3.8) is 0 Å². The number of halogens is 2. The lowest BCUT2D eigenvalue weighted by molar-refractivity contribution is -0.0562. The van der Waals surface area contributed by atoms with Crippen molar-refractivity contribution in [3.05, 3.63) is 47.5 Å². The van der Waals surface area contributed by atoms with Gasteiger partial charge < -0.3 is 15.0 Å². The maximum atomic E-state index is 13.7. The summed E-state index contributed by atoms with van der Waals surface area (Å²) in [6, 6.07) is 7.97. The Bertz CT molecular complexity index is 1220. The second-order valence-corrected chi connectivity index (χ2v) is 9.94. The van der Waals surface area contributed by atoms with E-state index < -0.39 is 11.4 Å². The number of amides is 1. The predicted octanol–water partition coefficient (Wildman–Crippen LogP) is 4.76. The van der Waals surface area contributed by atoms with Gasteiger partial charge in [-0.1, -0.05) is 11.6 Å². The molecule has 33 heavy (non-hydrogen) atoms. The molecule has 2 aliphatic heterocycles. The summed E-state index contributed by atoms with van der Waals surface area (Å²) < 4.78 is 19.3. The van der Waals surface area contributed by atoms with Crippen LogP contribution in [-0.4, -0.2) is 56.7 Å². The number of ether oxygens (including phenoxy) is 1. The van der Waals surface area contributed by atoms with Crippen molar-refractivity contribution in [1.82, 2.24) is 19.9 Å². The van der Waals surface area contributed by atoms with Gasteiger partial charge in [-0.05, 0) is 57.5 Å². The van der Waals surface area contributed by atoms with Crippen molar-refractivity contribution in [1.29, 1.82) is 0 Å². The lowest BCUT2D eigenvalue weighted by Gasteiger charge is -2.62. The molecule has 4 heterocycles. The van der Waals surface area contributed by atoms with Crippen molar-refractivity contribution >= 4 is 46.1 Å². The minimum absolute atomic E-state index is 0.203. The first kappa shape index (κ1) is 21.6. The summed E-state index contributed by atoms with van der Waals surface area (Å²) in [6.07, 6.45) is 2.10. The van der Waals surface area contributed by atoms with Crippen LogP contribution in [0.25, 0.3) is 11.0 Å². The second kappa shape index (κ2) is 7.69. The zero-order valence-electron chi connectivity index (χ0n) is 18.6. The Morgan fingerprint density at radius 2 is 2.00 bits per heavy atom. The number of likely N-dealkylation sites (tertiary alicyclic amines) is 1. The molecule has 1 aromatic carbocycles. The lowest BCUT2D eigenvalue weighted by atomic mass is 9.78. The number of fused-ring (bicyclic) bond motifs is 1. The van der Waals surface area contributed by atoms with Crippen molar-refractivity contribution in [2.45, 2.75) is 38.3 Å². The Labute approximate surface area is 195 Å². The third kappa shape index (κ3) is 4.13. The first-order valence-corrected chi connectivity index (χ1v) is 11.1. The van der Waals surface area contributed by atoms with E-state index in [1.807, 2.05) is 37.8 Å². The molecule has 0 atom stereocenters. The van der Waals surface area contributed by atoms with Crippen LogP contribution in [0.2, 0.25) is 5.02 Å². The van der Waals surface area contributed by atoms with E-state index in [1.54, 1.807) is 6.07 Å². The largest absolute Gasteiger partial charge is 0.444 e. The van der Waals surface area contributed by atoms with E-state index in [0.717, 1.165) is 12.2 Å². The molecule has 172 valence electrons. The van der Waals surface area contributed by atoms with Crippen LogP contribution in [0, 0.1) is 5.82 Å². The fourth-order valence-electron chi connectivity index (χ4n) is 4.26. The average molecular weight is 471 g/mol. The highest BCUT2D eigenvalue weighted by Gasteiger charge is 2.56. The van der Waals surface area contributed by atoms with Crippen LogP contribution in [0.3, 0.4) is 0 Å². The molecule has 8 nitrogen and oxygen atoms in total. The number of rotatable bonds is 3. The molecule has 1 spiro atoms. The fraction of sp³-hybridized carbons (Fsp3) is 0.391. The van der Waals surface area contributed by atoms with Crippen LogP contribution in [0.5, 0.6) is 0 Å². The number of benzene rings is 1. The van der Waals surface area contributed by atoms with Gasteiger partial charge in [0.15, 0.2) is 5.82 Å². The molecule has 1 N–H and O–H groups in total. The van der Waals surface area contributed by atoms with E-state index in [2.05, 4.69) is 20.2 Å². The van der Waals surface area contributed by atoms with Gasteiger partial charge in [0.1, 0.15) is 29.1 Å². The SMILES string of the molecule is CC(C)(C)OC(=O)N1CCC12CN(c1ccc3ncnc(Nc4cc(F)cc(Cl)c4)c3n1)C2. The fourth-order valence-corrected chi connectivity index (χ4v) is 4.48. The number of hydrogen-bond acceptors (Lipinski definition) is 7. The highest BCUT2D eigenvalue weighted by molar-refractivity contribution is 6.30. The first-order chi connectivity index (χ1) is 15.6.